The zero-order valence-corrected chi connectivity index (χ0v) is 53.6. The molecule has 4 amide bonds. The van der Waals surface area contributed by atoms with Crippen molar-refractivity contribution in [3.63, 3.8) is 0 Å². The minimum Gasteiger partial charge on any atom is -0.391 e. The average molecular weight is 1250 g/mol. The lowest BCUT2D eigenvalue weighted by Crippen LogP contribution is -2.58. The summed E-state index contributed by atoms with van der Waals surface area (Å²) in [6.07, 6.45) is 5.91. The summed E-state index contributed by atoms with van der Waals surface area (Å²) in [5, 5.41) is 24.7. The van der Waals surface area contributed by atoms with Crippen molar-refractivity contribution in [1.82, 2.24) is 45.5 Å². The van der Waals surface area contributed by atoms with Crippen LogP contribution in [0.2, 0.25) is 0 Å². The number of amides is 4. The Labute approximate surface area is 525 Å². The van der Waals surface area contributed by atoms with Crippen LogP contribution in [-0.2, 0) is 54.2 Å². The van der Waals surface area contributed by atoms with E-state index in [4.69, 9.17) is 28.7 Å². The molecule has 0 spiro atoms. The van der Waals surface area contributed by atoms with Crippen LogP contribution in [-0.4, -0.2) is 200 Å². The number of anilines is 1. The van der Waals surface area contributed by atoms with Crippen LogP contribution in [0.25, 0.3) is 32.5 Å². The molecule has 0 bridgehead atoms. The lowest BCUT2D eigenvalue weighted by molar-refractivity contribution is -0.144. The van der Waals surface area contributed by atoms with Gasteiger partial charge in [-0.2, -0.15) is 5.10 Å². The Balaban J connectivity index is 0.629. The molecule has 4 N–H and O–H groups in total. The third kappa shape index (κ3) is 19.2. The number of Topliss-reactive ketones (excluding diaryl/α,β-unsaturated/α-hetero) is 2. The lowest BCUT2D eigenvalue weighted by Gasteiger charge is -2.35. The molecule has 0 unspecified atom stereocenters. The minimum atomic E-state index is -0.979. The van der Waals surface area contributed by atoms with Crippen LogP contribution < -0.4 is 20.9 Å². The van der Waals surface area contributed by atoms with E-state index in [1.165, 1.54) is 4.90 Å². The number of aromatic nitrogens is 4. The van der Waals surface area contributed by atoms with Gasteiger partial charge in [0.1, 0.15) is 31.1 Å². The average Bonchev–Trinajstić information content (AvgIpc) is 1.81. The van der Waals surface area contributed by atoms with Crippen molar-refractivity contribution in [2.45, 2.75) is 112 Å². The van der Waals surface area contributed by atoms with Crippen molar-refractivity contribution in [2.75, 3.05) is 117 Å². The Morgan fingerprint density at radius 3 is 2.03 bits per heavy atom. The molecular weight excluding hydrogens is 1160 g/mol. The number of hydrogen-bond donors (Lipinski definition) is 4. The first-order valence-corrected chi connectivity index (χ1v) is 31.7. The number of β-amino-alcohol motifs (C(OH)–C–C–N with tert-alkyl or cyclic N) is 1. The van der Waals surface area contributed by atoms with Crippen LogP contribution in [0.5, 0.6) is 0 Å². The number of ether oxygens (including phenoxy) is 5. The molecule has 2 aromatic carbocycles. The molecule has 23 heteroatoms. The highest BCUT2D eigenvalue weighted by Gasteiger charge is 2.44. The van der Waals surface area contributed by atoms with Crippen LogP contribution >= 0.6 is 11.3 Å². The van der Waals surface area contributed by atoms with Gasteiger partial charge in [-0.3, -0.25) is 38.3 Å². The molecule has 3 atom stereocenters. The zero-order valence-electron chi connectivity index (χ0n) is 52.8. The zero-order chi connectivity index (χ0) is 63.6. The number of carbonyl (C=O) groups is 6. The number of piperazine rings is 1. The molecule has 3 aliphatic rings. The number of aryl methyl sites for hydroxylation is 1. The number of pyridine rings is 1. The van der Waals surface area contributed by atoms with E-state index in [2.05, 4.69) is 55.7 Å². The van der Waals surface area contributed by atoms with Gasteiger partial charge in [-0.15, -0.1) is 11.3 Å². The Morgan fingerprint density at radius 2 is 1.43 bits per heavy atom. The first kappa shape index (κ1) is 67.8. The van der Waals surface area contributed by atoms with E-state index in [-0.39, 0.29) is 88.4 Å². The van der Waals surface area contributed by atoms with Crippen molar-refractivity contribution in [3.8, 4) is 21.6 Å². The van der Waals surface area contributed by atoms with Gasteiger partial charge in [0.2, 0.25) is 23.6 Å². The molecule has 1 aliphatic carbocycles. The van der Waals surface area contributed by atoms with E-state index in [9.17, 15) is 33.9 Å². The van der Waals surface area contributed by atoms with Crippen molar-refractivity contribution in [2.24, 2.45) is 5.41 Å². The van der Waals surface area contributed by atoms with Gasteiger partial charge in [-0.05, 0) is 98.6 Å². The number of rotatable bonds is 32. The van der Waals surface area contributed by atoms with Gasteiger partial charge in [0.05, 0.1) is 86.8 Å². The molecule has 5 heterocycles. The molecule has 5 aromatic rings. The molecule has 22 nitrogen and oxygen atoms in total. The summed E-state index contributed by atoms with van der Waals surface area (Å²) >= 11 is 1.57. The van der Waals surface area contributed by atoms with Crippen LogP contribution in [0, 0.1) is 12.3 Å². The fraction of sp³-hybridized carbons (Fsp3) is 0.530. The predicted molar refractivity (Wildman–Crippen MR) is 340 cm³/mol. The van der Waals surface area contributed by atoms with E-state index >= 15 is 0 Å². The summed E-state index contributed by atoms with van der Waals surface area (Å²) in [5.41, 5.74) is 9.95. The number of benzene rings is 2. The lowest BCUT2D eigenvalue weighted by atomic mass is 9.85. The topological polar surface area (TPSA) is 258 Å². The smallest absolute Gasteiger partial charge is 0.246 e. The molecule has 480 valence electrons. The standard InChI is InChI=1S/C66H88N10O12S/c1-43(2)76-55-34-50(33-53(54(55)38-71-76)57(78)15-14-52-45(4)31-44(3)32-58(52)79)49-13-16-59(68-37-49)74-21-19-73(20-22-74)18-17-67-60(80)40-87-29-27-85-25-23-84-24-26-86-28-30-88-41-61(81)72-63(66(6,7)8)65(83)75-39-51(77)35-56(75)64(82)69-36-47-9-11-48(12-10-47)62-46(5)70-42-89-62/h9-13,16,31,33-34,37-38,42-43,51,56,63,77H,14-15,17-30,32,35-36,39-41H2,1-8H3,(H,67,80)(H,69,82)(H,72,81)/t51-,56+,63-/m1/s1. The summed E-state index contributed by atoms with van der Waals surface area (Å²) in [4.78, 5) is 95.8. The molecule has 0 radical (unpaired) electrons. The van der Waals surface area contributed by atoms with Crippen molar-refractivity contribution >= 4 is 63.3 Å². The number of aliphatic hydroxyl groups is 1. The molecule has 2 saturated heterocycles. The minimum absolute atomic E-state index is 0.0215. The van der Waals surface area contributed by atoms with E-state index in [1.54, 1.807) is 17.5 Å². The molecular formula is C66H88N10O12S. The maximum absolute atomic E-state index is 14.0. The van der Waals surface area contributed by atoms with Crippen molar-refractivity contribution < 1.29 is 57.6 Å². The number of carbonyl (C=O) groups excluding carboxylic acids is 6. The SMILES string of the molecule is CC1=CC(C)=C(CCC(=O)c2cc(-c3ccc(N4CCN(CCNC(=O)COCCOCCOCCOCCOCC(=O)N[C@H](C(=O)N5C[C@H](O)C[C@H]5C(=O)NCc5ccc(-c6scnc6C)cc5)C(C)(C)C)CC4)nc3)cc3c2cnn3C(C)C)C(=O)C1. The number of nitrogens with zero attached hydrogens (tertiary/aromatic N) is 7. The number of ketones is 2. The van der Waals surface area contributed by atoms with Crippen molar-refractivity contribution in [1.29, 1.82) is 0 Å². The molecule has 2 fully saturated rings. The van der Waals surface area contributed by atoms with Gasteiger partial charge >= 0.3 is 0 Å². The fourth-order valence-corrected chi connectivity index (χ4v) is 12.0. The Hall–Kier alpha value is -7.09. The van der Waals surface area contributed by atoms with Crippen LogP contribution in [0.3, 0.4) is 0 Å². The summed E-state index contributed by atoms with van der Waals surface area (Å²) < 4.78 is 29.7. The second-order valence-corrected chi connectivity index (χ2v) is 25.1. The van der Waals surface area contributed by atoms with Gasteiger partial charge in [0.15, 0.2) is 11.6 Å². The summed E-state index contributed by atoms with van der Waals surface area (Å²) in [6.45, 7) is 22.0. The number of aliphatic hydroxyl groups excluding tert-OH is 1. The second-order valence-electron chi connectivity index (χ2n) is 24.3. The number of thiazole rings is 1. The van der Waals surface area contributed by atoms with Gasteiger partial charge in [0.25, 0.3) is 0 Å². The second kappa shape index (κ2) is 32.6. The number of nitrogens with one attached hydrogen (secondary N) is 3. The first-order chi connectivity index (χ1) is 42.7. The highest BCUT2D eigenvalue weighted by molar-refractivity contribution is 7.13. The third-order valence-corrected chi connectivity index (χ3v) is 17.0. The van der Waals surface area contributed by atoms with Crippen LogP contribution in [0.4, 0.5) is 5.82 Å². The van der Waals surface area contributed by atoms with Gasteiger partial charge in [-0.25, -0.2) is 9.97 Å². The van der Waals surface area contributed by atoms with E-state index in [0.29, 0.717) is 64.5 Å². The number of hydrogen-bond acceptors (Lipinski definition) is 18. The van der Waals surface area contributed by atoms with Gasteiger partial charge in [-0.1, -0.05) is 56.7 Å². The summed E-state index contributed by atoms with van der Waals surface area (Å²) in [7, 11) is 0. The Morgan fingerprint density at radius 1 is 0.775 bits per heavy atom. The predicted octanol–water partition coefficient (Wildman–Crippen LogP) is 6.44. The molecule has 8 rings (SSSR count). The molecule has 2 aliphatic heterocycles. The summed E-state index contributed by atoms with van der Waals surface area (Å²) in [6, 6.07) is 14.1. The summed E-state index contributed by atoms with van der Waals surface area (Å²) in [5.74, 6) is -0.578. The Kier molecular flexibility index (Phi) is 24.8. The van der Waals surface area contributed by atoms with Crippen LogP contribution in [0.15, 0.2) is 89.2 Å². The van der Waals surface area contributed by atoms with Gasteiger partial charge in [0, 0.05) is 100 Å². The van der Waals surface area contributed by atoms with Crippen molar-refractivity contribution in [3.05, 3.63) is 106 Å². The first-order valence-electron chi connectivity index (χ1n) is 30.8. The highest BCUT2D eigenvalue weighted by Crippen LogP contribution is 2.33. The highest BCUT2D eigenvalue weighted by atomic mass is 32.1. The van der Waals surface area contributed by atoms with Crippen LogP contribution in [0.1, 0.15) is 102 Å². The van der Waals surface area contributed by atoms with Gasteiger partial charge < -0.3 is 54.5 Å². The monoisotopic (exact) mass is 1240 g/mol. The largest absolute Gasteiger partial charge is 0.391 e. The number of fused-ring (bicyclic) bond motifs is 1. The molecule has 3 aromatic heterocycles. The van der Waals surface area contributed by atoms with E-state index in [1.807, 2.05) is 106 Å². The maximum atomic E-state index is 14.0. The molecule has 0 saturated carbocycles. The molecule has 89 heavy (non-hydrogen) atoms. The number of likely N-dealkylation sites (tertiary alicyclic amines) is 1. The third-order valence-electron chi connectivity index (χ3n) is 16.0. The van der Waals surface area contributed by atoms with E-state index in [0.717, 1.165) is 92.4 Å². The van der Waals surface area contributed by atoms with E-state index < -0.39 is 35.4 Å². The Bertz CT molecular complexity index is 3290. The number of allylic oxidation sites excluding steroid dienone is 4. The maximum Gasteiger partial charge on any atom is 0.246 e. The fourth-order valence-electron chi connectivity index (χ4n) is 11.2. The normalized spacial score (nSPS) is 17.0. The quantitative estimate of drug-likeness (QED) is 0.0267.